The molecule has 0 heterocycles. The van der Waals surface area contributed by atoms with Crippen molar-refractivity contribution in [3.8, 4) is 0 Å². The molecule has 49 heavy (non-hydrogen) atoms. The molecule has 0 bridgehead atoms. The van der Waals surface area contributed by atoms with Crippen molar-refractivity contribution in [2.45, 2.75) is 83.0 Å². The highest BCUT2D eigenvalue weighted by Crippen LogP contribution is 2.21. The number of aliphatic hydroxyl groups is 1. The smallest absolute Gasteiger partial charge is 0.338 e. The number of aryl methyl sites for hydroxylation is 1. The maximum atomic E-state index is 14.0. The summed E-state index contributed by atoms with van der Waals surface area (Å²) in [4.78, 5) is 28.6. The molecule has 0 aliphatic carbocycles. The molecule has 3 aromatic carbocycles. The van der Waals surface area contributed by atoms with Crippen molar-refractivity contribution in [3.63, 3.8) is 0 Å². The van der Waals surface area contributed by atoms with Gasteiger partial charge in [-0.15, -0.1) is 0 Å². The van der Waals surface area contributed by atoms with E-state index in [-0.39, 0.29) is 34.6 Å². The van der Waals surface area contributed by atoms with Gasteiger partial charge in [-0.2, -0.15) is 0 Å². The third kappa shape index (κ3) is 12.0. The van der Waals surface area contributed by atoms with E-state index in [9.17, 15) is 31.9 Å². The number of hydrogen-bond acceptors (Lipinski definition) is 8. The Balaban J connectivity index is 1.98. The van der Waals surface area contributed by atoms with E-state index in [1.54, 1.807) is 4.90 Å². The number of aliphatic hydroxyl groups excluding tert-OH is 1. The molecule has 0 aliphatic rings. The first-order chi connectivity index (χ1) is 23.3. The second-order valence-electron chi connectivity index (χ2n) is 12.1. The SMILES string of the molecule is CCCN(CCC)C(=O)c1cc(C(=O)OC(CNCc2cccc(CC)c2)[C@@H](N)Cc2cc(F)cc(F)c2)cc(S(=O)(=O)N[C@H](C)CO)c1. The summed E-state index contributed by atoms with van der Waals surface area (Å²) in [5.74, 6) is -2.95. The highest BCUT2D eigenvalue weighted by atomic mass is 32.2. The summed E-state index contributed by atoms with van der Waals surface area (Å²) in [6.07, 6.45) is 1.11. The monoisotopic (exact) mass is 702 g/mol. The third-order valence-corrected chi connectivity index (χ3v) is 9.38. The zero-order valence-corrected chi connectivity index (χ0v) is 29.4. The first-order valence-corrected chi connectivity index (χ1v) is 18.1. The Hall–Kier alpha value is -3.75. The van der Waals surface area contributed by atoms with Gasteiger partial charge < -0.3 is 25.8 Å². The fourth-order valence-electron chi connectivity index (χ4n) is 5.34. The first-order valence-electron chi connectivity index (χ1n) is 16.6. The molecule has 268 valence electrons. The molecule has 3 atom stereocenters. The molecule has 1 unspecified atom stereocenters. The van der Waals surface area contributed by atoms with Crippen LogP contribution in [0.2, 0.25) is 0 Å². The van der Waals surface area contributed by atoms with Gasteiger partial charge in [0.15, 0.2) is 0 Å². The van der Waals surface area contributed by atoms with Crippen LogP contribution in [0, 0.1) is 11.6 Å². The summed E-state index contributed by atoms with van der Waals surface area (Å²) in [6.45, 7) is 8.18. The molecular formula is C36H48F2N4O6S. The maximum Gasteiger partial charge on any atom is 0.338 e. The van der Waals surface area contributed by atoms with Gasteiger partial charge in [0.1, 0.15) is 17.7 Å². The number of nitrogens with one attached hydrogen (secondary N) is 2. The number of nitrogens with zero attached hydrogens (tertiary/aromatic N) is 1. The van der Waals surface area contributed by atoms with E-state index in [1.807, 2.05) is 45.0 Å². The molecule has 0 aromatic heterocycles. The normalized spacial score (nSPS) is 13.5. The van der Waals surface area contributed by atoms with Crippen molar-refractivity contribution >= 4 is 21.9 Å². The van der Waals surface area contributed by atoms with Crippen LogP contribution in [0.1, 0.15) is 77.9 Å². The second kappa shape index (κ2) is 18.9. The van der Waals surface area contributed by atoms with Crippen LogP contribution in [-0.2, 0) is 34.1 Å². The summed E-state index contributed by atoms with van der Waals surface area (Å²) in [5.41, 5.74) is 8.66. The molecule has 0 spiro atoms. The second-order valence-corrected chi connectivity index (χ2v) is 13.9. The van der Waals surface area contributed by atoms with E-state index in [2.05, 4.69) is 10.0 Å². The fraction of sp³-hybridized carbons (Fsp3) is 0.444. The molecule has 3 aromatic rings. The number of rotatable bonds is 19. The zero-order chi connectivity index (χ0) is 36.1. The minimum Gasteiger partial charge on any atom is -0.456 e. The number of amides is 1. The average Bonchev–Trinajstić information content (AvgIpc) is 3.06. The summed E-state index contributed by atoms with van der Waals surface area (Å²) in [6, 6.07) is 12.8. The van der Waals surface area contributed by atoms with Gasteiger partial charge in [0.25, 0.3) is 5.91 Å². The predicted octanol–water partition coefficient (Wildman–Crippen LogP) is 4.33. The third-order valence-electron chi connectivity index (χ3n) is 7.81. The van der Waals surface area contributed by atoms with Crippen LogP contribution >= 0.6 is 0 Å². The lowest BCUT2D eigenvalue weighted by Crippen LogP contribution is -2.46. The van der Waals surface area contributed by atoms with Crippen molar-refractivity contribution in [2.75, 3.05) is 26.2 Å². The molecule has 0 radical (unpaired) electrons. The Morgan fingerprint density at radius 1 is 0.918 bits per heavy atom. The predicted molar refractivity (Wildman–Crippen MR) is 185 cm³/mol. The Kier molecular flexibility index (Phi) is 15.3. The number of esters is 1. The number of nitrogens with two attached hydrogens (primary N) is 1. The standard InChI is InChI=1S/C36H48F2N4O6S/c1-5-11-42(12-6-2)35(44)28-17-29(19-32(18-28)49(46,47)41-24(4)23-43)36(45)48-34(22-40-21-26-10-8-9-25(7-3)13-26)33(39)16-27-14-30(37)20-31(38)15-27/h8-10,13-15,17-20,24,33-34,40-41,43H,5-7,11-12,16,21-23,39H2,1-4H3/t24-,33+,34?/m1/s1. The van der Waals surface area contributed by atoms with Crippen molar-refractivity contribution in [1.82, 2.24) is 14.9 Å². The van der Waals surface area contributed by atoms with Gasteiger partial charge in [-0.05, 0) is 79.6 Å². The number of sulfonamides is 1. The largest absolute Gasteiger partial charge is 0.456 e. The minimum absolute atomic E-state index is 0.0293. The van der Waals surface area contributed by atoms with Crippen LogP contribution in [0.25, 0.3) is 0 Å². The van der Waals surface area contributed by atoms with E-state index in [0.29, 0.717) is 32.5 Å². The number of carbonyl (C=O) groups is 2. The Bertz CT molecular complexity index is 1650. The van der Waals surface area contributed by atoms with E-state index >= 15 is 0 Å². The molecule has 0 aliphatic heterocycles. The summed E-state index contributed by atoms with van der Waals surface area (Å²) >= 11 is 0. The summed E-state index contributed by atoms with van der Waals surface area (Å²) in [5, 5.41) is 12.7. The molecule has 0 saturated heterocycles. The lowest BCUT2D eigenvalue weighted by molar-refractivity contribution is 0.0237. The summed E-state index contributed by atoms with van der Waals surface area (Å²) < 4.78 is 62.8. The lowest BCUT2D eigenvalue weighted by Gasteiger charge is -2.25. The highest BCUT2D eigenvalue weighted by molar-refractivity contribution is 7.89. The molecule has 0 saturated carbocycles. The van der Waals surface area contributed by atoms with Crippen LogP contribution in [-0.4, -0.2) is 74.7 Å². The highest BCUT2D eigenvalue weighted by Gasteiger charge is 2.28. The van der Waals surface area contributed by atoms with E-state index in [1.165, 1.54) is 19.1 Å². The fourth-order valence-corrected chi connectivity index (χ4v) is 6.64. The number of ether oxygens (including phenoxy) is 1. The van der Waals surface area contributed by atoms with Crippen LogP contribution in [0.5, 0.6) is 0 Å². The topological polar surface area (TPSA) is 151 Å². The summed E-state index contributed by atoms with van der Waals surface area (Å²) in [7, 11) is -4.27. The molecule has 10 nitrogen and oxygen atoms in total. The number of halogens is 2. The Morgan fingerprint density at radius 2 is 1.55 bits per heavy atom. The molecular weight excluding hydrogens is 654 g/mol. The minimum atomic E-state index is -4.27. The quantitative estimate of drug-likeness (QED) is 0.135. The van der Waals surface area contributed by atoms with Crippen molar-refractivity contribution in [1.29, 1.82) is 0 Å². The van der Waals surface area contributed by atoms with Gasteiger partial charge >= 0.3 is 5.97 Å². The Labute approximate surface area is 288 Å². The number of carbonyl (C=O) groups excluding carboxylic acids is 2. The molecule has 0 fully saturated rings. The van der Waals surface area contributed by atoms with E-state index < -0.39 is 58.3 Å². The average molecular weight is 703 g/mol. The van der Waals surface area contributed by atoms with Crippen LogP contribution < -0.4 is 15.8 Å². The van der Waals surface area contributed by atoms with Gasteiger partial charge in [-0.3, -0.25) is 4.79 Å². The zero-order valence-electron chi connectivity index (χ0n) is 28.5. The molecule has 13 heteroatoms. The van der Waals surface area contributed by atoms with Crippen LogP contribution in [0.15, 0.2) is 65.6 Å². The van der Waals surface area contributed by atoms with Crippen LogP contribution in [0.3, 0.4) is 0 Å². The van der Waals surface area contributed by atoms with Gasteiger partial charge in [-0.25, -0.2) is 26.7 Å². The van der Waals surface area contributed by atoms with Gasteiger partial charge in [0.05, 0.1) is 17.1 Å². The molecule has 5 N–H and O–H groups in total. The van der Waals surface area contributed by atoms with Gasteiger partial charge in [0.2, 0.25) is 10.0 Å². The van der Waals surface area contributed by atoms with E-state index in [4.69, 9.17) is 10.5 Å². The molecule has 3 rings (SSSR count). The number of hydrogen-bond donors (Lipinski definition) is 4. The number of benzene rings is 3. The van der Waals surface area contributed by atoms with Gasteiger partial charge in [0, 0.05) is 49.9 Å². The van der Waals surface area contributed by atoms with Crippen LogP contribution in [0.4, 0.5) is 8.78 Å². The maximum absolute atomic E-state index is 14.0. The van der Waals surface area contributed by atoms with Crippen molar-refractivity contribution in [2.24, 2.45) is 5.73 Å². The lowest BCUT2D eigenvalue weighted by atomic mass is 10.0. The van der Waals surface area contributed by atoms with Crippen molar-refractivity contribution < 1.29 is 36.6 Å². The van der Waals surface area contributed by atoms with Gasteiger partial charge in [-0.1, -0.05) is 45.0 Å². The van der Waals surface area contributed by atoms with E-state index in [0.717, 1.165) is 41.8 Å². The Morgan fingerprint density at radius 3 is 2.16 bits per heavy atom. The van der Waals surface area contributed by atoms with Crippen molar-refractivity contribution in [3.05, 3.63) is 100 Å². The molecule has 1 amide bonds. The first kappa shape index (κ1) is 39.7.